The summed E-state index contributed by atoms with van der Waals surface area (Å²) >= 11 is 0. The zero-order valence-electron chi connectivity index (χ0n) is 4.67. The highest BCUT2D eigenvalue weighted by Crippen LogP contribution is 1.98. The average molecular weight is 123 g/mol. The van der Waals surface area contributed by atoms with Crippen molar-refractivity contribution >= 4 is 6.29 Å². The molecule has 0 aliphatic rings. The van der Waals surface area contributed by atoms with Crippen molar-refractivity contribution in [2.75, 3.05) is 0 Å². The lowest BCUT2D eigenvalue weighted by Crippen LogP contribution is -1.77. The van der Waals surface area contributed by atoms with Crippen molar-refractivity contribution in [2.24, 2.45) is 0 Å². The maximum absolute atomic E-state index is 12.1. The molecular weight excluding hydrogens is 118 g/mol. The van der Waals surface area contributed by atoms with E-state index in [1.54, 1.807) is 0 Å². The molecule has 0 unspecified atom stereocenters. The minimum absolute atomic E-state index is 0.319. The second-order valence-electron chi connectivity index (χ2n) is 1.67. The molecule has 1 nitrogen and oxygen atoms in total. The Labute approximate surface area is 52.1 Å². The Balaban J connectivity index is 3.01. The highest BCUT2D eigenvalue weighted by Gasteiger charge is 1.87. The van der Waals surface area contributed by atoms with Crippen LogP contribution in [-0.2, 0) is 0 Å². The number of carbonyl (C=O) groups is 1. The van der Waals surface area contributed by atoms with Crippen LogP contribution in [0.15, 0.2) is 24.3 Å². The summed E-state index contributed by atoms with van der Waals surface area (Å²) in [6.45, 7) is 0. The molecule has 1 aromatic carbocycles. The van der Waals surface area contributed by atoms with E-state index in [-0.39, 0.29) is 5.82 Å². The van der Waals surface area contributed by atoms with Gasteiger partial charge in [-0.2, -0.15) is 0 Å². The third-order valence-electron chi connectivity index (χ3n) is 1.01. The first-order valence-electron chi connectivity index (χ1n) is 2.53. The van der Waals surface area contributed by atoms with E-state index in [1.165, 1.54) is 24.3 Å². The molecule has 2 heteroatoms. The largest absolute Gasteiger partial charge is 0.298 e. The molecule has 0 aliphatic heterocycles. The molecule has 0 amide bonds. The van der Waals surface area contributed by atoms with Crippen molar-refractivity contribution < 1.29 is 9.18 Å². The Kier molecular flexibility index (Phi) is 1.58. The molecule has 0 aliphatic carbocycles. The van der Waals surface area contributed by atoms with Gasteiger partial charge in [0.2, 0.25) is 0 Å². The fourth-order valence-corrected chi connectivity index (χ4v) is 0.541. The lowest BCUT2D eigenvalue weighted by Gasteiger charge is -1.86. The third-order valence-corrected chi connectivity index (χ3v) is 1.01. The van der Waals surface area contributed by atoms with E-state index >= 15 is 0 Å². The van der Waals surface area contributed by atoms with Gasteiger partial charge in [0.05, 0.1) is 0 Å². The summed E-state index contributed by atoms with van der Waals surface area (Å²) < 4.78 is 12.1. The van der Waals surface area contributed by atoms with Crippen LogP contribution in [0.3, 0.4) is 0 Å². The molecule has 0 atom stereocenters. The maximum atomic E-state index is 12.1. The molecule has 0 saturated carbocycles. The van der Waals surface area contributed by atoms with Crippen LogP contribution in [0.4, 0.5) is 4.39 Å². The van der Waals surface area contributed by atoms with Gasteiger partial charge in [0, 0.05) is 5.56 Å². The van der Waals surface area contributed by atoms with Crippen LogP contribution in [0.25, 0.3) is 0 Å². The molecule has 9 heavy (non-hydrogen) atoms. The number of halogens is 1. The molecule has 0 radical (unpaired) electrons. The average Bonchev–Trinajstić information content (AvgIpc) is 1.90. The van der Waals surface area contributed by atoms with E-state index in [4.69, 9.17) is 0 Å². The Bertz CT molecular complexity index is 203. The number of hydrogen-bond acceptors (Lipinski definition) is 1. The minimum Gasteiger partial charge on any atom is -0.298 e. The summed E-state index contributed by atoms with van der Waals surface area (Å²) in [7, 11) is 0. The summed E-state index contributed by atoms with van der Waals surface area (Å²) in [4.78, 5) is 10.00. The van der Waals surface area contributed by atoms with Gasteiger partial charge < -0.3 is 0 Å². The third kappa shape index (κ3) is 1.35. The number of hydrogen-bond donors (Lipinski definition) is 0. The van der Waals surface area contributed by atoms with Crippen LogP contribution >= 0.6 is 0 Å². The van der Waals surface area contributed by atoms with Crippen molar-refractivity contribution in [2.45, 2.75) is 0 Å². The monoisotopic (exact) mass is 123 g/mol. The Hall–Kier alpha value is -1.18. The minimum atomic E-state index is -0.319. The smallest absolute Gasteiger partial charge is 0.150 e. The van der Waals surface area contributed by atoms with Gasteiger partial charge >= 0.3 is 0 Å². The Morgan fingerprint density at radius 3 is 2.22 bits per heavy atom. The lowest BCUT2D eigenvalue weighted by atomic mass is 10.2. The molecule has 0 N–H and O–H groups in total. The molecule has 0 saturated heterocycles. The Morgan fingerprint density at radius 1 is 1.22 bits per heavy atom. The molecule has 0 heterocycles. The van der Waals surface area contributed by atoms with Crippen molar-refractivity contribution in [3.8, 4) is 0 Å². The number of rotatable bonds is 1. The predicted octanol–water partition coefficient (Wildman–Crippen LogP) is 1.64. The van der Waals surface area contributed by atoms with Crippen LogP contribution in [-0.4, -0.2) is 6.29 Å². The van der Waals surface area contributed by atoms with E-state index in [0.29, 0.717) is 11.8 Å². The predicted molar refractivity (Wildman–Crippen MR) is 31.8 cm³/mol. The van der Waals surface area contributed by atoms with Crippen LogP contribution in [0, 0.1) is 5.82 Å². The van der Waals surface area contributed by atoms with Crippen molar-refractivity contribution in [1.29, 1.82) is 0 Å². The number of aldehydes is 1. The van der Waals surface area contributed by atoms with Crippen LogP contribution in [0.2, 0.25) is 0 Å². The van der Waals surface area contributed by atoms with Gasteiger partial charge in [-0.15, -0.1) is 0 Å². The second-order valence-corrected chi connectivity index (χ2v) is 1.67. The molecule has 0 fully saturated rings. The van der Waals surface area contributed by atoms with Crippen LogP contribution in [0.1, 0.15) is 10.4 Å². The van der Waals surface area contributed by atoms with Gasteiger partial charge in [-0.05, 0) is 24.3 Å². The van der Waals surface area contributed by atoms with Crippen molar-refractivity contribution in [3.05, 3.63) is 35.6 Å². The fourth-order valence-electron chi connectivity index (χ4n) is 0.541. The van der Waals surface area contributed by atoms with E-state index in [9.17, 15) is 9.18 Å². The number of benzene rings is 1. The van der Waals surface area contributed by atoms with E-state index in [1.807, 2.05) is 0 Å². The molecule has 1 rings (SSSR count). The topological polar surface area (TPSA) is 17.1 Å². The summed E-state index contributed by atoms with van der Waals surface area (Å²) in [5.41, 5.74) is 0.497. The van der Waals surface area contributed by atoms with Gasteiger partial charge in [0.15, 0.2) is 0 Å². The standard InChI is InChI=1S/C7H5FO/c8-7-3-1-6(5-9)2-4-7/h1-5H/i8-1. The van der Waals surface area contributed by atoms with E-state index in [2.05, 4.69) is 0 Å². The van der Waals surface area contributed by atoms with E-state index < -0.39 is 0 Å². The van der Waals surface area contributed by atoms with Crippen molar-refractivity contribution in [3.63, 3.8) is 0 Å². The van der Waals surface area contributed by atoms with Gasteiger partial charge in [-0.3, -0.25) is 4.79 Å². The Morgan fingerprint density at radius 2 is 1.78 bits per heavy atom. The van der Waals surface area contributed by atoms with Crippen molar-refractivity contribution in [1.82, 2.24) is 0 Å². The number of carbonyl (C=O) groups excluding carboxylic acids is 1. The summed E-state index contributed by atoms with van der Waals surface area (Å²) in [6, 6.07) is 5.37. The van der Waals surface area contributed by atoms with Gasteiger partial charge in [0.25, 0.3) is 0 Å². The highest BCUT2D eigenvalue weighted by molar-refractivity contribution is 5.74. The first-order chi connectivity index (χ1) is 4.33. The molecule has 46 valence electrons. The first kappa shape index (κ1) is 5.95. The summed E-state index contributed by atoms with van der Waals surface area (Å²) in [5, 5.41) is 0. The van der Waals surface area contributed by atoms with Gasteiger partial charge in [-0.25, -0.2) is 4.39 Å². The quantitative estimate of drug-likeness (QED) is 0.519. The second kappa shape index (κ2) is 2.40. The molecule has 0 spiro atoms. The van der Waals surface area contributed by atoms with Gasteiger partial charge in [-0.1, -0.05) is 0 Å². The highest BCUT2D eigenvalue weighted by atomic mass is 18.2. The van der Waals surface area contributed by atoms with Crippen LogP contribution in [0.5, 0.6) is 0 Å². The normalized spacial score (nSPS) is 9.00. The zero-order valence-corrected chi connectivity index (χ0v) is 4.67. The van der Waals surface area contributed by atoms with Gasteiger partial charge in [0.1, 0.15) is 12.1 Å². The molecule has 0 aromatic heterocycles. The lowest BCUT2D eigenvalue weighted by molar-refractivity contribution is 0.112. The summed E-state index contributed by atoms with van der Waals surface area (Å²) in [5.74, 6) is -0.319. The molecule has 0 bridgehead atoms. The SMILES string of the molecule is O=Cc1ccc([18F])cc1. The molecule has 1 aromatic rings. The first-order valence-corrected chi connectivity index (χ1v) is 2.53. The van der Waals surface area contributed by atoms with E-state index in [0.717, 1.165) is 0 Å². The zero-order chi connectivity index (χ0) is 6.69. The maximum Gasteiger partial charge on any atom is 0.150 e. The summed E-state index contributed by atoms with van der Waals surface area (Å²) in [6.07, 6.45) is 0.680. The molecular formula is C7H5FO. The fraction of sp³-hybridized carbons (Fsp3) is 0. The van der Waals surface area contributed by atoms with Crippen LogP contribution < -0.4 is 0 Å².